The summed E-state index contributed by atoms with van der Waals surface area (Å²) < 4.78 is 4.38. The minimum Gasteiger partial charge on any atom is -0.478 e. The molecule has 0 aliphatic carbocycles. The van der Waals surface area contributed by atoms with E-state index in [1.165, 1.54) is 23.9 Å². The van der Waals surface area contributed by atoms with E-state index in [0.29, 0.717) is 15.3 Å². The molecule has 1 aromatic heterocycles. The summed E-state index contributed by atoms with van der Waals surface area (Å²) in [7, 11) is 0. The van der Waals surface area contributed by atoms with Gasteiger partial charge in [0, 0.05) is 21.7 Å². The Bertz CT molecular complexity index is 515. The molecule has 0 fully saturated rings. The van der Waals surface area contributed by atoms with Crippen molar-refractivity contribution >= 4 is 44.3 Å². The molecule has 5 nitrogen and oxygen atoms in total. The van der Waals surface area contributed by atoms with Gasteiger partial charge in [0.2, 0.25) is 5.13 Å². The van der Waals surface area contributed by atoms with E-state index in [4.69, 9.17) is 5.11 Å². The van der Waals surface area contributed by atoms with E-state index in [1.807, 2.05) is 0 Å². The van der Waals surface area contributed by atoms with Crippen LogP contribution in [0.3, 0.4) is 0 Å². The first-order chi connectivity index (χ1) is 7.66. The highest BCUT2D eigenvalue weighted by molar-refractivity contribution is 9.10. The Balaban J connectivity index is 2.29. The molecule has 16 heavy (non-hydrogen) atoms. The van der Waals surface area contributed by atoms with Crippen LogP contribution in [0.5, 0.6) is 0 Å². The number of aromatic nitrogens is 2. The smallest absolute Gasteiger partial charge is 0.336 e. The third-order valence-electron chi connectivity index (χ3n) is 1.81. The lowest BCUT2D eigenvalue weighted by molar-refractivity contribution is 0.0696. The van der Waals surface area contributed by atoms with Gasteiger partial charge in [0.15, 0.2) is 0 Å². The summed E-state index contributed by atoms with van der Waals surface area (Å²) in [5, 5.41) is 12.5. The number of benzene rings is 1. The lowest BCUT2D eigenvalue weighted by Crippen LogP contribution is -1.99. The van der Waals surface area contributed by atoms with E-state index in [1.54, 1.807) is 12.1 Å². The minimum atomic E-state index is -0.979. The van der Waals surface area contributed by atoms with Crippen LogP contribution < -0.4 is 5.32 Å². The van der Waals surface area contributed by atoms with Crippen LogP contribution in [0.15, 0.2) is 29.0 Å². The largest absolute Gasteiger partial charge is 0.478 e. The van der Waals surface area contributed by atoms with Gasteiger partial charge < -0.3 is 10.4 Å². The van der Waals surface area contributed by atoms with Gasteiger partial charge in [0.1, 0.15) is 6.33 Å². The van der Waals surface area contributed by atoms with E-state index in [2.05, 4.69) is 30.6 Å². The molecular weight excluding hydrogens is 294 g/mol. The first-order valence-corrected chi connectivity index (χ1v) is 5.80. The summed E-state index contributed by atoms with van der Waals surface area (Å²) in [6, 6.07) is 4.97. The Labute approximate surface area is 103 Å². The second-order valence-corrected chi connectivity index (χ2v) is 4.51. The fraction of sp³-hybridized carbons (Fsp3) is 0. The number of carboxylic acids is 1. The van der Waals surface area contributed by atoms with E-state index in [0.717, 1.165) is 0 Å². The quantitative estimate of drug-likeness (QED) is 0.911. The number of carbonyl (C=O) groups is 1. The fourth-order valence-corrected chi connectivity index (χ4v) is 1.99. The summed E-state index contributed by atoms with van der Waals surface area (Å²) in [5.74, 6) is -0.979. The van der Waals surface area contributed by atoms with Crippen molar-refractivity contribution in [3.63, 3.8) is 0 Å². The van der Waals surface area contributed by atoms with Gasteiger partial charge in [-0.25, -0.2) is 9.78 Å². The van der Waals surface area contributed by atoms with Crippen LogP contribution in [0.2, 0.25) is 0 Å². The standard InChI is InChI=1S/C9H6BrN3O2S/c10-7-2-1-5(3-6(7)8(14)15)13-9-11-4-12-16-9/h1-4H,(H,14,15)(H,11,12,13). The highest BCUT2D eigenvalue weighted by atomic mass is 79.9. The molecule has 1 heterocycles. The molecule has 0 unspecified atom stereocenters. The van der Waals surface area contributed by atoms with E-state index in [-0.39, 0.29) is 5.56 Å². The van der Waals surface area contributed by atoms with Crippen molar-refractivity contribution in [2.45, 2.75) is 0 Å². The van der Waals surface area contributed by atoms with Gasteiger partial charge in [0.05, 0.1) is 5.56 Å². The topological polar surface area (TPSA) is 75.1 Å². The molecule has 1 aromatic carbocycles. The predicted octanol–water partition coefficient (Wildman–Crippen LogP) is 2.74. The van der Waals surface area contributed by atoms with Crippen molar-refractivity contribution in [3.05, 3.63) is 34.6 Å². The molecule has 2 aromatic rings. The number of aromatic carboxylic acids is 1. The van der Waals surface area contributed by atoms with Crippen molar-refractivity contribution in [2.75, 3.05) is 5.32 Å². The maximum atomic E-state index is 10.9. The average molecular weight is 300 g/mol. The minimum absolute atomic E-state index is 0.203. The normalized spacial score (nSPS) is 10.1. The molecule has 0 radical (unpaired) electrons. The van der Waals surface area contributed by atoms with Gasteiger partial charge >= 0.3 is 5.97 Å². The van der Waals surface area contributed by atoms with E-state index < -0.39 is 5.97 Å². The molecule has 2 N–H and O–H groups in total. The zero-order chi connectivity index (χ0) is 11.5. The van der Waals surface area contributed by atoms with Crippen LogP contribution in [0, 0.1) is 0 Å². The molecule has 0 saturated carbocycles. The van der Waals surface area contributed by atoms with E-state index >= 15 is 0 Å². The number of nitrogens with zero attached hydrogens (tertiary/aromatic N) is 2. The predicted molar refractivity (Wildman–Crippen MR) is 64.3 cm³/mol. The monoisotopic (exact) mass is 299 g/mol. The molecule has 0 atom stereocenters. The van der Waals surface area contributed by atoms with Crippen LogP contribution in [-0.2, 0) is 0 Å². The highest BCUT2D eigenvalue weighted by Crippen LogP contribution is 2.23. The molecule has 0 amide bonds. The van der Waals surface area contributed by atoms with Gasteiger partial charge in [0.25, 0.3) is 0 Å². The number of halogens is 1. The Morgan fingerprint density at radius 1 is 1.50 bits per heavy atom. The maximum Gasteiger partial charge on any atom is 0.336 e. The summed E-state index contributed by atoms with van der Waals surface area (Å²) in [6.07, 6.45) is 1.43. The number of hydrogen-bond acceptors (Lipinski definition) is 5. The van der Waals surface area contributed by atoms with Crippen molar-refractivity contribution in [2.24, 2.45) is 0 Å². The number of nitrogens with one attached hydrogen (secondary N) is 1. The highest BCUT2D eigenvalue weighted by Gasteiger charge is 2.09. The number of anilines is 2. The van der Waals surface area contributed by atoms with Gasteiger partial charge in [-0.1, -0.05) is 0 Å². The maximum absolute atomic E-state index is 10.9. The number of rotatable bonds is 3. The molecule has 0 aliphatic heterocycles. The van der Waals surface area contributed by atoms with Crippen LogP contribution in [0.4, 0.5) is 10.8 Å². The molecule has 2 rings (SSSR count). The van der Waals surface area contributed by atoms with Crippen molar-refractivity contribution in [1.29, 1.82) is 0 Å². The van der Waals surface area contributed by atoms with Gasteiger partial charge in [-0.15, -0.1) is 0 Å². The van der Waals surface area contributed by atoms with Crippen molar-refractivity contribution < 1.29 is 9.90 Å². The number of carboxylic acid groups (broad SMARTS) is 1. The third kappa shape index (κ3) is 2.37. The number of hydrogen-bond donors (Lipinski definition) is 2. The Hall–Kier alpha value is -1.47. The molecule has 0 bridgehead atoms. The van der Waals surface area contributed by atoms with Gasteiger partial charge in [-0.3, -0.25) is 0 Å². The average Bonchev–Trinajstić information content (AvgIpc) is 2.73. The van der Waals surface area contributed by atoms with Crippen molar-refractivity contribution in [3.8, 4) is 0 Å². The molecule has 7 heteroatoms. The van der Waals surface area contributed by atoms with Crippen LogP contribution in [0.1, 0.15) is 10.4 Å². The fourth-order valence-electron chi connectivity index (χ4n) is 1.12. The summed E-state index contributed by atoms with van der Waals surface area (Å²) in [4.78, 5) is 14.8. The van der Waals surface area contributed by atoms with Crippen LogP contribution in [-0.4, -0.2) is 20.4 Å². The summed E-state index contributed by atoms with van der Waals surface area (Å²) in [5.41, 5.74) is 0.867. The summed E-state index contributed by atoms with van der Waals surface area (Å²) in [6.45, 7) is 0. The van der Waals surface area contributed by atoms with E-state index in [9.17, 15) is 4.79 Å². The first-order valence-electron chi connectivity index (χ1n) is 4.23. The lowest BCUT2D eigenvalue weighted by Gasteiger charge is -2.04. The SMILES string of the molecule is O=C(O)c1cc(Nc2ncns2)ccc1Br. The second kappa shape index (κ2) is 4.58. The van der Waals surface area contributed by atoms with Crippen LogP contribution in [0.25, 0.3) is 0 Å². The molecule has 0 aliphatic rings. The molecular formula is C9H6BrN3O2S. The molecule has 82 valence electrons. The molecule has 0 spiro atoms. The second-order valence-electron chi connectivity index (χ2n) is 2.87. The third-order valence-corrected chi connectivity index (χ3v) is 3.08. The summed E-state index contributed by atoms with van der Waals surface area (Å²) >= 11 is 4.38. The van der Waals surface area contributed by atoms with Gasteiger partial charge in [-0.2, -0.15) is 4.37 Å². The zero-order valence-corrected chi connectivity index (χ0v) is 10.2. The Morgan fingerprint density at radius 3 is 2.94 bits per heavy atom. The Morgan fingerprint density at radius 2 is 2.31 bits per heavy atom. The Kier molecular flexibility index (Phi) is 3.16. The van der Waals surface area contributed by atoms with Crippen molar-refractivity contribution in [1.82, 2.24) is 9.36 Å². The first kappa shape index (κ1) is 11.0. The van der Waals surface area contributed by atoms with Gasteiger partial charge in [-0.05, 0) is 34.1 Å². The molecule has 0 saturated heterocycles. The van der Waals surface area contributed by atoms with Crippen LogP contribution >= 0.6 is 27.5 Å². The zero-order valence-electron chi connectivity index (χ0n) is 7.85. The lowest BCUT2D eigenvalue weighted by atomic mass is 10.2.